The Morgan fingerprint density at radius 3 is 2.84 bits per heavy atom. The van der Waals surface area contributed by atoms with Crippen LogP contribution in [-0.2, 0) is 15.9 Å². The van der Waals surface area contributed by atoms with Crippen molar-refractivity contribution < 1.29 is 18.9 Å². The van der Waals surface area contributed by atoms with Gasteiger partial charge in [0.1, 0.15) is 0 Å². The third-order valence-corrected chi connectivity index (χ3v) is 5.59. The second-order valence-electron chi connectivity index (χ2n) is 7.14. The van der Waals surface area contributed by atoms with E-state index in [1.807, 2.05) is 18.2 Å². The van der Waals surface area contributed by atoms with Gasteiger partial charge in [-0.15, -0.1) is 11.3 Å². The lowest BCUT2D eigenvalue weighted by molar-refractivity contribution is 0.0690. The largest absolute Gasteiger partial charge is 0.490 e. The molecular formula is C23H33N3O4S. The number of guanidine groups is 1. The Morgan fingerprint density at radius 1 is 1.10 bits per heavy atom. The number of methoxy groups -OCH3 is 1. The predicted molar refractivity (Wildman–Crippen MR) is 126 cm³/mol. The molecule has 2 heterocycles. The molecular weight excluding hydrogens is 414 g/mol. The zero-order valence-electron chi connectivity index (χ0n) is 18.2. The number of anilines is 1. The highest BCUT2D eigenvalue weighted by molar-refractivity contribution is 7.09. The van der Waals surface area contributed by atoms with Gasteiger partial charge in [-0.05, 0) is 42.8 Å². The first-order valence-corrected chi connectivity index (χ1v) is 11.8. The van der Waals surface area contributed by atoms with Crippen LogP contribution < -0.4 is 20.1 Å². The summed E-state index contributed by atoms with van der Waals surface area (Å²) in [5, 5.41) is 8.96. The van der Waals surface area contributed by atoms with Gasteiger partial charge in [0.25, 0.3) is 0 Å². The first kappa shape index (κ1) is 23.4. The molecule has 0 atom stereocenters. The Kier molecular flexibility index (Phi) is 10.5. The van der Waals surface area contributed by atoms with E-state index in [2.05, 4.69) is 28.1 Å². The molecule has 0 aliphatic carbocycles. The summed E-state index contributed by atoms with van der Waals surface area (Å²) >= 11 is 1.77. The molecule has 7 nitrogen and oxygen atoms in total. The predicted octanol–water partition coefficient (Wildman–Crippen LogP) is 3.95. The van der Waals surface area contributed by atoms with E-state index < -0.39 is 0 Å². The van der Waals surface area contributed by atoms with Crippen LogP contribution in [-0.4, -0.2) is 59.2 Å². The molecule has 1 aromatic heterocycles. The minimum absolute atomic E-state index is 0.635. The number of ether oxygens (including phenoxy) is 4. The molecule has 8 heteroatoms. The summed E-state index contributed by atoms with van der Waals surface area (Å²) in [6, 6.07) is 10.2. The number of nitrogens with one attached hydrogen (secondary N) is 2. The lowest BCUT2D eigenvalue weighted by Gasteiger charge is -2.14. The summed E-state index contributed by atoms with van der Waals surface area (Å²) < 4.78 is 22.0. The van der Waals surface area contributed by atoms with Gasteiger partial charge in [-0.2, -0.15) is 0 Å². The van der Waals surface area contributed by atoms with Gasteiger partial charge in [-0.3, -0.25) is 4.99 Å². The quantitative estimate of drug-likeness (QED) is 0.292. The maximum Gasteiger partial charge on any atom is 0.195 e. The fraction of sp³-hybridized carbons (Fsp3) is 0.522. The molecule has 0 bridgehead atoms. The second kappa shape index (κ2) is 13.9. The van der Waals surface area contributed by atoms with Gasteiger partial charge in [-0.25, -0.2) is 0 Å². The minimum atomic E-state index is 0.635. The van der Waals surface area contributed by atoms with Gasteiger partial charge >= 0.3 is 0 Å². The Labute approximate surface area is 188 Å². The molecule has 1 aromatic carbocycles. The molecule has 1 aliphatic rings. The topological polar surface area (TPSA) is 73.3 Å². The number of nitrogens with zero attached hydrogens (tertiary/aromatic N) is 1. The van der Waals surface area contributed by atoms with Gasteiger partial charge in [0.15, 0.2) is 17.5 Å². The molecule has 0 unspecified atom stereocenters. The van der Waals surface area contributed by atoms with E-state index in [0.717, 1.165) is 68.5 Å². The summed E-state index contributed by atoms with van der Waals surface area (Å²) in [6.45, 7) is 4.91. The number of hydrogen-bond donors (Lipinski definition) is 2. The molecule has 0 fully saturated rings. The highest BCUT2D eigenvalue weighted by atomic mass is 32.1. The average molecular weight is 448 g/mol. The number of fused-ring (bicyclic) bond motifs is 1. The Bertz CT molecular complexity index is 783. The summed E-state index contributed by atoms with van der Waals surface area (Å²) in [7, 11) is 1.68. The molecule has 1 aliphatic heterocycles. The maximum absolute atomic E-state index is 5.81. The normalized spacial score (nSPS) is 13.6. The van der Waals surface area contributed by atoms with Crippen molar-refractivity contribution in [3.8, 4) is 11.5 Å². The van der Waals surface area contributed by atoms with E-state index in [4.69, 9.17) is 23.9 Å². The fourth-order valence-corrected chi connectivity index (χ4v) is 3.74. The van der Waals surface area contributed by atoms with Crippen molar-refractivity contribution in [2.75, 3.05) is 58.6 Å². The number of unbranched alkanes of at least 4 members (excludes halogenated alkanes) is 1. The van der Waals surface area contributed by atoms with Crippen LogP contribution in [0.4, 0.5) is 5.69 Å². The highest BCUT2D eigenvalue weighted by Crippen LogP contribution is 2.32. The second-order valence-corrected chi connectivity index (χ2v) is 8.17. The van der Waals surface area contributed by atoms with Gasteiger partial charge in [0, 0.05) is 49.9 Å². The number of thiophene rings is 1. The van der Waals surface area contributed by atoms with Crippen molar-refractivity contribution >= 4 is 23.0 Å². The van der Waals surface area contributed by atoms with Gasteiger partial charge < -0.3 is 29.6 Å². The zero-order valence-corrected chi connectivity index (χ0v) is 19.0. The first-order valence-electron chi connectivity index (χ1n) is 10.9. The van der Waals surface area contributed by atoms with Crippen LogP contribution in [0.3, 0.4) is 0 Å². The molecule has 170 valence electrons. The lowest BCUT2D eigenvalue weighted by atomic mass is 10.2. The summed E-state index contributed by atoms with van der Waals surface area (Å²) in [4.78, 5) is 6.10. The third kappa shape index (κ3) is 8.77. The van der Waals surface area contributed by atoms with E-state index in [9.17, 15) is 0 Å². The number of hydrogen-bond acceptors (Lipinski definition) is 6. The Hall–Kier alpha value is -2.29. The van der Waals surface area contributed by atoms with Gasteiger partial charge in [0.2, 0.25) is 0 Å². The monoisotopic (exact) mass is 447 g/mol. The zero-order chi connectivity index (χ0) is 21.6. The van der Waals surface area contributed by atoms with E-state index in [1.54, 1.807) is 18.4 Å². The number of rotatable bonds is 12. The van der Waals surface area contributed by atoms with Crippen molar-refractivity contribution in [3.05, 3.63) is 40.6 Å². The maximum atomic E-state index is 5.81. The molecule has 0 radical (unpaired) electrons. The molecule has 3 rings (SSSR count). The van der Waals surface area contributed by atoms with Crippen LogP contribution in [0.15, 0.2) is 40.7 Å². The summed E-state index contributed by atoms with van der Waals surface area (Å²) in [5.41, 5.74) is 0.925. The van der Waals surface area contributed by atoms with Crippen molar-refractivity contribution in [1.82, 2.24) is 5.32 Å². The number of benzene rings is 1. The van der Waals surface area contributed by atoms with E-state index >= 15 is 0 Å². The molecule has 0 saturated carbocycles. The van der Waals surface area contributed by atoms with Crippen molar-refractivity contribution in [2.24, 2.45) is 4.99 Å². The van der Waals surface area contributed by atoms with Crippen molar-refractivity contribution in [2.45, 2.75) is 25.7 Å². The van der Waals surface area contributed by atoms with Crippen LogP contribution in [0.5, 0.6) is 11.5 Å². The Morgan fingerprint density at radius 2 is 2.00 bits per heavy atom. The van der Waals surface area contributed by atoms with Crippen LogP contribution in [0.2, 0.25) is 0 Å². The number of aliphatic imine (C=N–C) groups is 1. The SMILES string of the molecule is COCCOCCCCN=C(NCCc1cccs1)Nc1ccc2c(c1)OCCCO2. The molecule has 0 amide bonds. The summed E-state index contributed by atoms with van der Waals surface area (Å²) in [5.74, 6) is 2.33. The van der Waals surface area contributed by atoms with Crippen LogP contribution in [0, 0.1) is 0 Å². The van der Waals surface area contributed by atoms with Gasteiger partial charge in [0.05, 0.1) is 26.4 Å². The minimum Gasteiger partial charge on any atom is -0.490 e. The fourth-order valence-electron chi connectivity index (χ4n) is 3.03. The first-order chi connectivity index (χ1) is 15.3. The smallest absolute Gasteiger partial charge is 0.195 e. The van der Waals surface area contributed by atoms with E-state index in [0.29, 0.717) is 26.4 Å². The average Bonchev–Trinajstić information content (AvgIpc) is 3.19. The van der Waals surface area contributed by atoms with Gasteiger partial charge in [-0.1, -0.05) is 6.07 Å². The molecule has 0 spiro atoms. The third-order valence-electron chi connectivity index (χ3n) is 4.65. The molecule has 0 saturated heterocycles. The van der Waals surface area contributed by atoms with E-state index in [-0.39, 0.29) is 0 Å². The van der Waals surface area contributed by atoms with E-state index in [1.165, 1.54) is 4.88 Å². The highest BCUT2D eigenvalue weighted by Gasteiger charge is 2.11. The van der Waals surface area contributed by atoms with Crippen LogP contribution >= 0.6 is 11.3 Å². The lowest BCUT2D eigenvalue weighted by Crippen LogP contribution is -2.32. The van der Waals surface area contributed by atoms with Crippen LogP contribution in [0.25, 0.3) is 0 Å². The Balaban J connectivity index is 1.52. The van der Waals surface area contributed by atoms with Crippen molar-refractivity contribution in [1.29, 1.82) is 0 Å². The molecule has 2 aromatic rings. The van der Waals surface area contributed by atoms with Crippen molar-refractivity contribution in [3.63, 3.8) is 0 Å². The molecule has 2 N–H and O–H groups in total. The molecule has 31 heavy (non-hydrogen) atoms. The standard InChI is InChI=1S/C23H33N3O4S/c1-27-15-16-28-12-3-2-10-24-23(25-11-9-20-6-4-17-31-20)26-19-7-8-21-22(18-19)30-14-5-13-29-21/h4,6-8,17-18H,2-3,5,9-16H2,1H3,(H2,24,25,26). The van der Waals surface area contributed by atoms with Crippen LogP contribution in [0.1, 0.15) is 24.1 Å². The summed E-state index contributed by atoms with van der Waals surface area (Å²) in [6.07, 6.45) is 3.79.